The first-order valence-corrected chi connectivity index (χ1v) is 9.94. The molecule has 0 aliphatic heterocycles. The lowest BCUT2D eigenvalue weighted by Gasteiger charge is -2.12. The summed E-state index contributed by atoms with van der Waals surface area (Å²) in [5, 5.41) is 9.49. The fourth-order valence-corrected chi connectivity index (χ4v) is 3.82. The second kappa shape index (κ2) is 7.96. The second-order valence-corrected chi connectivity index (χ2v) is 7.01. The number of hydrogen-bond donors (Lipinski definition) is 0. The summed E-state index contributed by atoms with van der Waals surface area (Å²) in [5.41, 5.74) is 1.07. The Hall–Kier alpha value is -3.33. The van der Waals surface area contributed by atoms with Crippen molar-refractivity contribution in [1.29, 1.82) is 0 Å². The lowest BCUT2D eigenvalue weighted by Crippen LogP contribution is -2.22. The molecule has 2 heterocycles. The van der Waals surface area contributed by atoms with Gasteiger partial charge in [0.25, 0.3) is 5.56 Å². The number of carbonyl (C=O) groups excluding carboxylic acids is 1. The molecule has 0 unspecified atom stereocenters. The molecule has 0 aliphatic carbocycles. The summed E-state index contributed by atoms with van der Waals surface area (Å²) in [4.78, 5) is 25.0. The van der Waals surface area contributed by atoms with Gasteiger partial charge < -0.3 is 9.47 Å². The van der Waals surface area contributed by atoms with Crippen LogP contribution in [0, 0.1) is 0 Å². The Labute approximate surface area is 170 Å². The van der Waals surface area contributed by atoms with Crippen LogP contribution in [0.5, 0.6) is 5.75 Å². The highest BCUT2D eigenvalue weighted by atomic mass is 32.2. The Kier molecular flexibility index (Phi) is 5.22. The molecule has 0 atom stereocenters. The van der Waals surface area contributed by atoms with Crippen LogP contribution in [0.2, 0.25) is 0 Å². The van der Waals surface area contributed by atoms with Crippen LogP contribution in [0.4, 0.5) is 0 Å². The molecule has 0 saturated heterocycles. The number of esters is 1. The SMILES string of the molecule is CCOC(=O)CSc1nnc2n(-c3cccc(OC)c3)c(=O)c3ccccc3n12. The van der Waals surface area contributed by atoms with Gasteiger partial charge in [0.05, 0.1) is 36.1 Å². The maximum absolute atomic E-state index is 13.3. The van der Waals surface area contributed by atoms with Gasteiger partial charge in [-0.05, 0) is 31.2 Å². The number of thioether (sulfide) groups is 1. The first kappa shape index (κ1) is 19.0. The van der Waals surface area contributed by atoms with E-state index in [0.717, 1.165) is 0 Å². The Morgan fingerprint density at radius 3 is 2.76 bits per heavy atom. The van der Waals surface area contributed by atoms with Gasteiger partial charge in [-0.2, -0.15) is 0 Å². The number of hydrogen-bond acceptors (Lipinski definition) is 7. The molecule has 0 saturated carbocycles. The fourth-order valence-electron chi connectivity index (χ4n) is 3.08. The summed E-state index contributed by atoms with van der Waals surface area (Å²) in [7, 11) is 1.57. The van der Waals surface area contributed by atoms with Crippen molar-refractivity contribution >= 4 is 34.4 Å². The topological polar surface area (TPSA) is 87.7 Å². The highest BCUT2D eigenvalue weighted by Gasteiger charge is 2.19. The predicted octanol–water partition coefficient (Wildman–Crippen LogP) is 2.70. The second-order valence-electron chi connectivity index (χ2n) is 6.07. The number of aromatic nitrogens is 4. The van der Waals surface area contributed by atoms with E-state index in [1.54, 1.807) is 54.8 Å². The third kappa shape index (κ3) is 3.44. The molecule has 4 rings (SSSR count). The summed E-state index contributed by atoms with van der Waals surface area (Å²) in [6, 6.07) is 14.4. The van der Waals surface area contributed by atoms with Crippen molar-refractivity contribution in [3.8, 4) is 11.4 Å². The summed E-state index contributed by atoms with van der Waals surface area (Å²) in [6.07, 6.45) is 0. The Bertz CT molecular complexity index is 1260. The third-order valence-corrected chi connectivity index (χ3v) is 5.23. The molecule has 29 heavy (non-hydrogen) atoms. The monoisotopic (exact) mass is 410 g/mol. The maximum atomic E-state index is 13.3. The molecule has 0 fully saturated rings. The summed E-state index contributed by atoms with van der Waals surface area (Å²) >= 11 is 1.21. The van der Waals surface area contributed by atoms with E-state index in [4.69, 9.17) is 9.47 Å². The number of fused-ring (bicyclic) bond motifs is 3. The van der Waals surface area contributed by atoms with Crippen molar-refractivity contribution in [3.63, 3.8) is 0 Å². The van der Waals surface area contributed by atoms with E-state index in [1.807, 2.05) is 12.1 Å². The minimum absolute atomic E-state index is 0.0985. The molecule has 0 amide bonds. The van der Waals surface area contributed by atoms with Crippen LogP contribution in [0.3, 0.4) is 0 Å². The standard InChI is InChI=1S/C20H18N4O4S/c1-3-28-17(25)12-29-20-22-21-19-23(13-7-6-8-14(11-13)27-2)18(26)15-9-4-5-10-16(15)24(19)20/h4-11H,3,12H2,1-2H3. The average Bonchev–Trinajstić information content (AvgIpc) is 3.16. The number of rotatable bonds is 6. The largest absolute Gasteiger partial charge is 0.497 e. The molecule has 148 valence electrons. The summed E-state index contributed by atoms with van der Waals surface area (Å²) in [5.74, 6) is 0.742. The Balaban J connectivity index is 1.95. The predicted molar refractivity (Wildman–Crippen MR) is 110 cm³/mol. The van der Waals surface area contributed by atoms with Crippen LogP contribution in [-0.2, 0) is 9.53 Å². The van der Waals surface area contributed by atoms with Gasteiger partial charge in [0, 0.05) is 6.07 Å². The van der Waals surface area contributed by atoms with Crippen LogP contribution in [-0.4, -0.2) is 44.6 Å². The molecule has 2 aromatic carbocycles. The highest BCUT2D eigenvalue weighted by Crippen LogP contribution is 2.24. The number of carbonyl (C=O) groups is 1. The zero-order valence-electron chi connectivity index (χ0n) is 15.9. The first-order chi connectivity index (χ1) is 14.1. The lowest BCUT2D eigenvalue weighted by atomic mass is 10.2. The van der Waals surface area contributed by atoms with E-state index in [1.165, 1.54) is 16.3 Å². The fraction of sp³-hybridized carbons (Fsp3) is 0.200. The van der Waals surface area contributed by atoms with Crippen LogP contribution < -0.4 is 10.3 Å². The Morgan fingerprint density at radius 1 is 1.14 bits per heavy atom. The lowest BCUT2D eigenvalue weighted by molar-refractivity contribution is -0.139. The van der Waals surface area contributed by atoms with E-state index in [2.05, 4.69) is 10.2 Å². The van der Waals surface area contributed by atoms with Crippen LogP contribution in [0.15, 0.2) is 58.5 Å². The van der Waals surface area contributed by atoms with Crippen molar-refractivity contribution in [1.82, 2.24) is 19.2 Å². The minimum Gasteiger partial charge on any atom is -0.497 e. The molecular weight excluding hydrogens is 392 g/mol. The van der Waals surface area contributed by atoms with Crippen molar-refractivity contribution in [2.45, 2.75) is 12.1 Å². The summed E-state index contributed by atoms with van der Waals surface area (Å²) in [6.45, 7) is 2.08. The van der Waals surface area contributed by atoms with Gasteiger partial charge in [0.2, 0.25) is 5.78 Å². The molecule has 0 aliphatic rings. The van der Waals surface area contributed by atoms with Gasteiger partial charge in [0.15, 0.2) is 5.16 Å². The van der Waals surface area contributed by atoms with Crippen molar-refractivity contribution in [2.24, 2.45) is 0 Å². The van der Waals surface area contributed by atoms with Crippen LogP contribution in [0.25, 0.3) is 22.4 Å². The zero-order chi connectivity index (χ0) is 20.4. The van der Waals surface area contributed by atoms with Crippen LogP contribution in [0.1, 0.15) is 6.92 Å². The van der Waals surface area contributed by atoms with E-state index < -0.39 is 0 Å². The molecule has 0 spiro atoms. The van der Waals surface area contributed by atoms with Crippen molar-refractivity contribution in [2.75, 3.05) is 19.5 Å². The molecule has 8 nitrogen and oxygen atoms in total. The number of para-hydroxylation sites is 1. The van der Waals surface area contributed by atoms with E-state index >= 15 is 0 Å². The molecule has 0 N–H and O–H groups in total. The van der Waals surface area contributed by atoms with Gasteiger partial charge in [-0.25, -0.2) is 4.57 Å². The Morgan fingerprint density at radius 2 is 1.97 bits per heavy atom. The number of methoxy groups -OCH3 is 1. The smallest absolute Gasteiger partial charge is 0.316 e. The normalized spacial score (nSPS) is 11.1. The van der Waals surface area contributed by atoms with E-state index in [9.17, 15) is 9.59 Å². The van der Waals surface area contributed by atoms with Crippen molar-refractivity contribution < 1.29 is 14.3 Å². The van der Waals surface area contributed by atoms with E-state index in [-0.39, 0.29) is 17.3 Å². The first-order valence-electron chi connectivity index (χ1n) is 8.95. The van der Waals surface area contributed by atoms with E-state index in [0.29, 0.717) is 39.9 Å². The molecular formula is C20H18N4O4S. The average molecular weight is 410 g/mol. The van der Waals surface area contributed by atoms with Gasteiger partial charge in [0.1, 0.15) is 5.75 Å². The molecule has 4 aromatic rings. The maximum Gasteiger partial charge on any atom is 0.316 e. The number of benzene rings is 2. The van der Waals surface area contributed by atoms with Crippen molar-refractivity contribution in [3.05, 3.63) is 58.9 Å². The molecule has 0 bridgehead atoms. The summed E-state index contributed by atoms with van der Waals surface area (Å²) < 4.78 is 13.6. The quantitative estimate of drug-likeness (QED) is 0.357. The van der Waals surface area contributed by atoms with Gasteiger partial charge in [-0.3, -0.25) is 14.0 Å². The molecule has 2 aromatic heterocycles. The van der Waals surface area contributed by atoms with Gasteiger partial charge >= 0.3 is 5.97 Å². The van der Waals surface area contributed by atoms with Crippen LogP contribution >= 0.6 is 11.8 Å². The number of ether oxygens (including phenoxy) is 2. The highest BCUT2D eigenvalue weighted by molar-refractivity contribution is 7.99. The van der Waals surface area contributed by atoms with Gasteiger partial charge in [-0.1, -0.05) is 30.0 Å². The third-order valence-electron chi connectivity index (χ3n) is 4.33. The number of nitrogens with zero attached hydrogens (tertiary/aromatic N) is 4. The minimum atomic E-state index is -0.334. The van der Waals surface area contributed by atoms with Gasteiger partial charge in [-0.15, -0.1) is 10.2 Å². The molecule has 9 heteroatoms. The molecule has 0 radical (unpaired) electrons. The zero-order valence-corrected chi connectivity index (χ0v) is 16.7.